The molecule has 1 heterocycles. The van der Waals surface area contributed by atoms with Crippen LogP contribution in [0.15, 0.2) is 0 Å². The topological polar surface area (TPSA) is 72.5 Å². The minimum absolute atomic E-state index is 0.218. The zero-order valence-corrected chi connectivity index (χ0v) is 8.66. The van der Waals surface area contributed by atoms with Crippen molar-refractivity contribution in [2.75, 3.05) is 19.8 Å². The quantitative estimate of drug-likeness (QED) is 0.691. The molecule has 2 atom stereocenters. The Hall–Kier alpha value is -0.610. The Bertz CT molecular complexity index is 196. The van der Waals surface area contributed by atoms with Crippen LogP contribution in [0.5, 0.6) is 0 Å². The van der Waals surface area contributed by atoms with Crippen molar-refractivity contribution in [2.45, 2.75) is 26.2 Å². The van der Waals surface area contributed by atoms with Crippen molar-refractivity contribution in [3.63, 3.8) is 0 Å². The molecule has 0 radical (unpaired) electrons. The molecule has 14 heavy (non-hydrogen) atoms. The Labute approximate surface area is 84.4 Å². The van der Waals surface area contributed by atoms with Gasteiger partial charge in [-0.3, -0.25) is 4.79 Å². The summed E-state index contributed by atoms with van der Waals surface area (Å²) in [5, 5.41) is 9.16. The predicted molar refractivity (Wildman–Crippen MR) is 53.0 cm³/mol. The van der Waals surface area contributed by atoms with Gasteiger partial charge in [-0.1, -0.05) is 6.92 Å². The summed E-state index contributed by atoms with van der Waals surface area (Å²) in [6, 6.07) is 0. The van der Waals surface area contributed by atoms with Gasteiger partial charge in [0.25, 0.3) is 0 Å². The SMILES string of the molecule is CCC(CN)(CC1CCOC1)C(=O)O. The van der Waals surface area contributed by atoms with Gasteiger partial charge in [-0.05, 0) is 25.2 Å². The van der Waals surface area contributed by atoms with Gasteiger partial charge in [0.1, 0.15) is 0 Å². The molecule has 0 saturated carbocycles. The van der Waals surface area contributed by atoms with Crippen molar-refractivity contribution in [2.24, 2.45) is 17.1 Å². The van der Waals surface area contributed by atoms with Gasteiger partial charge in [0.05, 0.1) is 5.41 Å². The number of hydrogen-bond donors (Lipinski definition) is 2. The van der Waals surface area contributed by atoms with Crippen LogP contribution in [0, 0.1) is 11.3 Å². The van der Waals surface area contributed by atoms with E-state index in [9.17, 15) is 4.79 Å². The summed E-state index contributed by atoms with van der Waals surface area (Å²) in [6.45, 7) is 3.55. The van der Waals surface area contributed by atoms with E-state index >= 15 is 0 Å². The molecule has 0 bridgehead atoms. The highest BCUT2D eigenvalue weighted by Crippen LogP contribution is 2.33. The largest absolute Gasteiger partial charge is 0.481 e. The van der Waals surface area contributed by atoms with Crippen molar-refractivity contribution in [1.29, 1.82) is 0 Å². The van der Waals surface area contributed by atoms with E-state index in [1.807, 2.05) is 6.92 Å². The van der Waals surface area contributed by atoms with E-state index in [0.717, 1.165) is 13.0 Å². The van der Waals surface area contributed by atoms with Crippen LogP contribution in [-0.2, 0) is 9.53 Å². The minimum Gasteiger partial charge on any atom is -0.481 e. The van der Waals surface area contributed by atoms with E-state index in [1.54, 1.807) is 0 Å². The molecule has 0 spiro atoms. The fraction of sp³-hybridized carbons (Fsp3) is 0.900. The second kappa shape index (κ2) is 4.75. The van der Waals surface area contributed by atoms with Gasteiger partial charge in [0.2, 0.25) is 0 Å². The zero-order valence-electron chi connectivity index (χ0n) is 8.66. The molecule has 82 valence electrons. The Morgan fingerprint density at radius 2 is 2.43 bits per heavy atom. The first-order valence-electron chi connectivity index (χ1n) is 5.16. The highest BCUT2D eigenvalue weighted by molar-refractivity contribution is 5.74. The van der Waals surface area contributed by atoms with E-state index in [1.165, 1.54) is 0 Å². The van der Waals surface area contributed by atoms with Crippen LogP contribution in [0.4, 0.5) is 0 Å². The summed E-state index contributed by atoms with van der Waals surface area (Å²) in [7, 11) is 0. The molecule has 4 nitrogen and oxygen atoms in total. The molecule has 0 aromatic rings. The van der Waals surface area contributed by atoms with Crippen LogP contribution < -0.4 is 5.73 Å². The van der Waals surface area contributed by atoms with E-state index in [-0.39, 0.29) is 6.54 Å². The second-order valence-corrected chi connectivity index (χ2v) is 4.08. The molecule has 0 aromatic heterocycles. The maximum atomic E-state index is 11.2. The second-order valence-electron chi connectivity index (χ2n) is 4.08. The third-order valence-electron chi connectivity index (χ3n) is 3.22. The molecule has 0 amide bonds. The van der Waals surface area contributed by atoms with E-state index in [4.69, 9.17) is 15.6 Å². The molecule has 1 fully saturated rings. The van der Waals surface area contributed by atoms with E-state index in [2.05, 4.69) is 0 Å². The molecule has 1 aliphatic rings. The van der Waals surface area contributed by atoms with Crippen molar-refractivity contribution >= 4 is 5.97 Å². The van der Waals surface area contributed by atoms with Gasteiger partial charge in [-0.2, -0.15) is 0 Å². The number of nitrogens with two attached hydrogens (primary N) is 1. The number of carboxylic acid groups (broad SMARTS) is 1. The lowest BCUT2D eigenvalue weighted by Crippen LogP contribution is -2.40. The summed E-state index contributed by atoms with van der Waals surface area (Å²) in [5.41, 5.74) is 4.84. The zero-order chi connectivity index (χ0) is 10.6. The minimum atomic E-state index is -0.769. The number of hydrogen-bond acceptors (Lipinski definition) is 3. The average Bonchev–Trinajstić information content (AvgIpc) is 2.66. The van der Waals surface area contributed by atoms with Gasteiger partial charge in [-0.25, -0.2) is 0 Å². The first-order chi connectivity index (χ1) is 6.64. The van der Waals surface area contributed by atoms with Crippen molar-refractivity contribution in [3.8, 4) is 0 Å². The van der Waals surface area contributed by atoms with Gasteiger partial charge in [0.15, 0.2) is 0 Å². The fourth-order valence-corrected chi connectivity index (χ4v) is 1.99. The summed E-state index contributed by atoms with van der Waals surface area (Å²) in [6.07, 6.45) is 2.21. The van der Waals surface area contributed by atoms with Gasteiger partial charge in [-0.15, -0.1) is 0 Å². The first-order valence-corrected chi connectivity index (χ1v) is 5.16. The molecule has 1 rings (SSSR count). The summed E-state index contributed by atoms with van der Waals surface area (Å²) >= 11 is 0. The Balaban J connectivity index is 2.61. The van der Waals surface area contributed by atoms with Gasteiger partial charge >= 0.3 is 5.97 Å². The van der Waals surface area contributed by atoms with Crippen molar-refractivity contribution < 1.29 is 14.6 Å². The molecule has 1 saturated heterocycles. The molecule has 4 heteroatoms. The number of rotatable bonds is 5. The molecular formula is C10H19NO3. The van der Waals surface area contributed by atoms with Crippen LogP contribution >= 0.6 is 0 Å². The van der Waals surface area contributed by atoms with E-state index in [0.29, 0.717) is 25.4 Å². The lowest BCUT2D eigenvalue weighted by atomic mass is 9.77. The van der Waals surface area contributed by atoms with Crippen molar-refractivity contribution in [1.82, 2.24) is 0 Å². The number of aliphatic carboxylic acids is 1. The van der Waals surface area contributed by atoms with Crippen LogP contribution in [0.25, 0.3) is 0 Å². The standard InChI is InChI=1S/C10H19NO3/c1-2-10(7-11,9(12)13)5-8-3-4-14-6-8/h8H,2-7,11H2,1H3,(H,12,13). The average molecular weight is 201 g/mol. The maximum Gasteiger partial charge on any atom is 0.310 e. The third-order valence-corrected chi connectivity index (χ3v) is 3.22. The monoisotopic (exact) mass is 201 g/mol. The predicted octanol–water partition coefficient (Wildman–Crippen LogP) is 0.853. The van der Waals surface area contributed by atoms with Gasteiger partial charge in [0, 0.05) is 19.8 Å². The normalized spacial score (nSPS) is 26.0. The summed E-state index contributed by atoms with van der Waals surface area (Å²) in [4.78, 5) is 11.2. The Morgan fingerprint density at radius 1 is 1.71 bits per heavy atom. The number of carbonyl (C=O) groups is 1. The van der Waals surface area contributed by atoms with Gasteiger partial charge < -0.3 is 15.6 Å². The highest BCUT2D eigenvalue weighted by Gasteiger charge is 2.38. The van der Waals surface area contributed by atoms with E-state index < -0.39 is 11.4 Å². The molecule has 2 unspecified atom stereocenters. The summed E-state index contributed by atoms with van der Waals surface area (Å²) < 4.78 is 5.24. The van der Waals surface area contributed by atoms with Crippen molar-refractivity contribution in [3.05, 3.63) is 0 Å². The third kappa shape index (κ3) is 2.25. The number of ether oxygens (including phenoxy) is 1. The molecule has 0 aliphatic carbocycles. The Morgan fingerprint density at radius 3 is 2.79 bits per heavy atom. The molecule has 0 aromatic carbocycles. The van der Waals surface area contributed by atoms with Crippen LogP contribution in [-0.4, -0.2) is 30.8 Å². The smallest absolute Gasteiger partial charge is 0.310 e. The number of carboxylic acids is 1. The Kier molecular flexibility index (Phi) is 3.89. The molecule has 1 aliphatic heterocycles. The lowest BCUT2D eigenvalue weighted by molar-refractivity contribution is -0.149. The summed E-state index contributed by atoms with van der Waals surface area (Å²) in [5.74, 6) is -0.399. The first kappa shape index (κ1) is 11.5. The maximum absolute atomic E-state index is 11.2. The fourth-order valence-electron chi connectivity index (χ4n) is 1.99. The molecule has 3 N–H and O–H groups in total. The highest BCUT2D eigenvalue weighted by atomic mass is 16.5. The van der Waals surface area contributed by atoms with Crippen LogP contribution in [0.3, 0.4) is 0 Å². The molecular weight excluding hydrogens is 182 g/mol. The van der Waals surface area contributed by atoms with Crippen LogP contribution in [0.1, 0.15) is 26.2 Å². The van der Waals surface area contributed by atoms with Crippen LogP contribution in [0.2, 0.25) is 0 Å². The lowest BCUT2D eigenvalue weighted by Gasteiger charge is -2.28.